The second-order valence-electron chi connectivity index (χ2n) is 5.92. The number of aromatic nitrogens is 4. The van der Waals surface area contributed by atoms with Gasteiger partial charge >= 0.3 is 5.97 Å². The van der Waals surface area contributed by atoms with Gasteiger partial charge < -0.3 is 14.0 Å². The van der Waals surface area contributed by atoms with Gasteiger partial charge in [0.2, 0.25) is 5.43 Å². The molecule has 27 heavy (non-hydrogen) atoms. The maximum absolute atomic E-state index is 12.7. The number of carbonyl (C=O) groups excluding carboxylic acids is 1. The summed E-state index contributed by atoms with van der Waals surface area (Å²) in [5.74, 6) is -0.118. The van der Waals surface area contributed by atoms with Crippen LogP contribution in [-0.2, 0) is 11.3 Å². The zero-order valence-electron chi connectivity index (χ0n) is 15.1. The molecule has 0 fully saturated rings. The van der Waals surface area contributed by atoms with Crippen molar-refractivity contribution in [1.29, 1.82) is 0 Å². The maximum Gasteiger partial charge on any atom is 0.343 e. The number of rotatable bonds is 7. The molecule has 0 saturated carbocycles. The van der Waals surface area contributed by atoms with E-state index in [1.807, 2.05) is 13.0 Å². The quantitative estimate of drug-likeness (QED) is 0.596. The van der Waals surface area contributed by atoms with Crippen LogP contribution in [0, 0.1) is 0 Å². The molecule has 1 aromatic carbocycles. The standard InChI is InChI=1S/C19H20N4O4/c1-3-26-19(25)16-10-22(9-14(2)23-13-20-12-21-23)11-17(18(16)24)27-15-7-5-4-6-8-15/h4-8,10-14H,3,9H2,1-2H3. The molecule has 0 aliphatic carbocycles. The normalized spacial score (nSPS) is 11.8. The van der Waals surface area contributed by atoms with Gasteiger partial charge in [-0.2, -0.15) is 5.10 Å². The molecular weight excluding hydrogens is 348 g/mol. The van der Waals surface area contributed by atoms with Crippen LogP contribution in [0.1, 0.15) is 30.2 Å². The molecule has 1 atom stereocenters. The second kappa shape index (κ2) is 8.31. The molecule has 1 unspecified atom stereocenters. The summed E-state index contributed by atoms with van der Waals surface area (Å²) in [4.78, 5) is 28.8. The molecule has 2 heterocycles. The first-order valence-corrected chi connectivity index (χ1v) is 8.56. The third-order valence-corrected chi connectivity index (χ3v) is 3.88. The van der Waals surface area contributed by atoms with Gasteiger partial charge in [0.1, 0.15) is 24.0 Å². The fourth-order valence-electron chi connectivity index (χ4n) is 2.59. The van der Waals surface area contributed by atoms with Crippen LogP contribution >= 0.6 is 0 Å². The van der Waals surface area contributed by atoms with E-state index in [0.29, 0.717) is 12.3 Å². The number of benzene rings is 1. The van der Waals surface area contributed by atoms with E-state index in [4.69, 9.17) is 9.47 Å². The minimum Gasteiger partial charge on any atom is -0.462 e. The lowest BCUT2D eigenvalue weighted by atomic mass is 10.2. The molecule has 3 rings (SSSR count). The van der Waals surface area contributed by atoms with Crippen LogP contribution in [0.3, 0.4) is 0 Å². The first-order chi connectivity index (χ1) is 13.1. The number of para-hydroxylation sites is 1. The van der Waals surface area contributed by atoms with Gasteiger partial charge in [-0.25, -0.2) is 14.5 Å². The van der Waals surface area contributed by atoms with Crippen molar-refractivity contribution in [1.82, 2.24) is 19.3 Å². The lowest BCUT2D eigenvalue weighted by Gasteiger charge is -2.16. The van der Waals surface area contributed by atoms with Crippen molar-refractivity contribution >= 4 is 5.97 Å². The summed E-state index contributed by atoms with van der Waals surface area (Å²) >= 11 is 0. The van der Waals surface area contributed by atoms with E-state index >= 15 is 0 Å². The Labute approximate surface area is 156 Å². The zero-order chi connectivity index (χ0) is 19.2. The summed E-state index contributed by atoms with van der Waals surface area (Å²) < 4.78 is 14.1. The number of hydrogen-bond donors (Lipinski definition) is 0. The van der Waals surface area contributed by atoms with Crippen LogP contribution < -0.4 is 10.2 Å². The van der Waals surface area contributed by atoms with E-state index in [1.54, 1.807) is 53.0 Å². The molecule has 0 radical (unpaired) electrons. The van der Waals surface area contributed by atoms with Gasteiger partial charge in [-0.05, 0) is 26.0 Å². The van der Waals surface area contributed by atoms with E-state index in [0.717, 1.165) is 0 Å². The van der Waals surface area contributed by atoms with Crippen molar-refractivity contribution in [2.24, 2.45) is 0 Å². The number of pyridine rings is 1. The Balaban J connectivity index is 1.97. The Morgan fingerprint density at radius 3 is 2.67 bits per heavy atom. The van der Waals surface area contributed by atoms with Gasteiger partial charge in [0.05, 0.1) is 18.8 Å². The highest BCUT2D eigenvalue weighted by molar-refractivity contribution is 5.89. The van der Waals surface area contributed by atoms with Gasteiger partial charge in [-0.1, -0.05) is 18.2 Å². The lowest BCUT2D eigenvalue weighted by Crippen LogP contribution is -2.23. The minimum atomic E-state index is -0.678. The van der Waals surface area contributed by atoms with Crippen LogP contribution in [0.5, 0.6) is 11.5 Å². The van der Waals surface area contributed by atoms with Crippen molar-refractivity contribution in [3.8, 4) is 11.5 Å². The van der Waals surface area contributed by atoms with Crippen LogP contribution in [0.2, 0.25) is 0 Å². The van der Waals surface area contributed by atoms with Crippen LogP contribution in [-0.4, -0.2) is 31.9 Å². The Morgan fingerprint density at radius 1 is 1.22 bits per heavy atom. The zero-order valence-corrected chi connectivity index (χ0v) is 15.1. The van der Waals surface area contributed by atoms with Gasteiger partial charge in [0, 0.05) is 12.7 Å². The SMILES string of the molecule is CCOC(=O)c1cn(CC(C)n2cncn2)cc(Oc2ccccc2)c1=O. The molecule has 8 heteroatoms. The highest BCUT2D eigenvalue weighted by atomic mass is 16.5. The van der Waals surface area contributed by atoms with E-state index in [2.05, 4.69) is 10.1 Å². The molecule has 0 bridgehead atoms. The average Bonchev–Trinajstić information content (AvgIpc) is 3.20. The van der Waals surface area contributed by atoms with E-state index < -0.39 is 11.4 Å². The van der Waals surface area contributed by atoms with E-state index in [-0.39, 0.29) is 24.0 Å². The molecule has 140 valence electrons. The molecule has 0 spiro atoms. The highest BCUT2D eigenvalue weighted by Gasteiger charge is 2.18. The Kier molecular flexibility index (Phi) is 5.65. The van der Waals surface area contributed by atoms with Crippen LogP contribution in [0.15, 0.2) is 60.2 Å². The van der Waals surface area contributed by atoms with Gasteiger partial charge in [0.15, 0.2) is 5.75 Å². The number of ether oxygens (including phenoxy) is 2. The van der Waals surface area contributed by atoms with Crippen molar-refractivity contribution in [3.63, 3.8) is 0 Å². The predicted molar refractivity (Wildman–Crippen MR) is 97.9 cm³/mol. The van der Waals surface area contributed by atoms with Gasteiger partial charge in [-0.3, -0.25) is 4.79 Å². The second-order valence-corrected chi connectivity index (χ2v) is 5.92. The van der Waals surface area contributed by atoms with Crippen LogP contribution in [0.25, 0.3) is 0 Å². The monoisotopic (exact) mass is 368 g/mol. The molecule has 3 aromatic rings. The first-order valence-electron chi connectivity index (χ1n) is 8.56. The molecule has 2 aromatic heterocycles. The van der Waals surface area contributed by atoms with Crippen molar-refractivity contribution in [2.75, 3.05) is 6.61 Å². The molecule has 0 amide bonds. The van der Waals surface area contributed by atoms with Crippen molar-refractivity contribution < 1.29 is 14.3 Å². The molecule has 0 N–H and O–H groups in total. The predicted octanol–water partition coefficient (Wildman–Crippen LogP) is 2.67. The van der Waals surface area contributed by atoms with E-state index in [1.165, 1.54) is 12.5 Å². The summed E-state index contributed by atoms with van der Waals surface area (Å²) in [7, 11) is 0. The average molecular weight is 368 g/mol. The molecule has 0 aliphatic rings. The fraction of sp³-hybridized carbons (Fsp3) is 0.263. The Bertz CT molecular complexity index is 952. The molecular formula is C19H20N4O4. The third kappa shape index (κ3) is 4.41. The number of hydrogen-bond acceptors (Lipinski definition) is 6. The van der Waals surface area contributed by atoms with Gasteiger partial charge in [-0.15, -0.1) is 0 Å². The summed E-state index contributed by atoms with van der Waals surface area (Å²) in [5.41, 5.74) is -0.585. The number of esters is 1. The fourth-order valence-corrected chi connectivity index (χ4v) is 2.59. The highest BCUT2D eigenvalue weighted by Crippen LogP contribution is 2.19. The Morgan fingerprint density at radius 2 is 2.00 bits per heavy atom. The molecule has 0 aliphatic heterocycles. The Hall–Kier alpha value is -3.42. The topological polar surface area (TPSA) is 88.2 Å². The smallest absolute Gasteiger partial charge is 0.343 e. The minimum absolute atomic E-state index is 0.0466. The number of carbonyl (C=O) groups is 1. The van der Waals surface area contributed by atoms with Crippen molar-refractivity contribution in [2.45, 2.75) is 26.4 Å². The largest absolute Gasteiger partial charge is 0.462 e. The van der Waals surface area contributed by atoms with Crippen molar-refractivity contribution in [3.05, 3.63) is 71.2 Å². The third-order valence-electron chi connectivity index (χ3n) is 3.88. The maximum atomic E-state index is 12.7. The summed E-state index contributed by atoms with van der Waals surface area (Å²) in [6, 6.07) is 8.87. The van der Waals surface area contributed by atoms with E-state index in [9.17, 15) is 9.59 Å². The molecule has 0 saturated heterocycles. The lowest BCUT2D eigenvalue weighted by molar-refractivity contribution is 0.0523. The summed E-state index contributed by atoms with van der Waals surface area (Å²) in [5, 5.41) is 4.11. The number of nitrogens with zero attached hydrogens (tertiary/aromatic N) is 4. The van der Waals surface area contributed by atoms with Crippen LogP contribution in [0.4, 0.5) is 0 Å². The summed E-state index contributed by atoms with van der Waals surface area (Å²) in [6.07, 6.45) is 6.12. The first kappa shape index (κ1) is 18.4. The molecule has 8 nitrogen and oxygen atoms in total. The summed E-state index contributed by atoms with van der Waals surface area (Å²) in [6.45, 7) is 4.28. The van der Waals surface area contributed by atoms with Gasteiger partial charge in [0.25, 0.3) is 0 Å².